The predicted octanol–water partition coefficient (Wildman–Crippen LogP) is 2.33. The fourth-order valence-electron chi connectivity index (χ4n) is 3.70. The highest BCUT2D eigenvalue weighted by molar-refractivity contribution is 6.00. The summed E-state index contributed by atoms with van der Waals surface area (Å²) >= 11 is 0. The Labute approximate surface area is 127 Å². The maximum atomic E-state index is 13.1. The van der Waals surface area contributed by atoms with Gasteiger partial charge in [-0.1, -0.05) is 27.2 Å². The van der Waals surface area contributed by atoms with Crippen molar-refractivity contribution < 1.29 is 9.59 Å². The zero-order valence-electron chi connectivity index (χ0n) is 13.7. The summed E-state index contributed by atoms with van der Waals surface area (Å²) in [6.07, 6.45) is 5.80. The fraction of sp³-hybridized carbons (Fsp3) is 0.882. The van der Waals surface area contributed by atoms with Crippen molar-refractivity contribution in [1.29, 1.82) is 0 Å². The first-order valence-corrected chi connectivity index (χ1v) is 8.37. The Morgan fingerprint density at radius 1 is 1.19 bits per heavy atom. The van der Waals surface area contributed by atoms with Gasteiger partial charge in [-0.2, -0.15) is 0 Å². The lowest BCUT2D eigenvalue weighted by molar-refractivity contribution is -0.162. The summed E-state index contributed by atoms with van der Waals surface area (Å²) in [6.45, 7) is 8.83. The largest absolute Gasteiger partial charge is 0.342 e. The molecule has 4 heteroatoms. The zero-order valence-corrected chi connectivity index (χ0v) is 13.7. The van der Waals surface area contributed by atoms with Gasteiger partial charge >= 0.3 is 0 Å². The maximum absolute atomic E-state index is 13.1. The summed E-state index contributed by atoms with van der Waals surface area (Å²) in [6, 6.07) is -0.392. The molecule has 0 aromatic rings. The SMILES string of the molecule is CC(C)(C)C1NC(=O)C(C)(C2CC2)N(CC2CCC2)C1=O. The highest BCUT2D eigenvalue weighted by Crippen LogP contribution is 2.46. The predicted molar refractivity (Wildman–Crippen MR) is 81.6 cm³/mol. The van der Waals surface area contributed by atoms with Crippen LogP contribution in [0.4, 0.5) is 0 Å². The van der Waals surface area contributed by atoms with Gasteiger partial charge in [0.1, 0.15) is 11.6 Å². The van der Waals surface area contributed by atoms with E-state index >= 15 is 0 Å². The van der Waals surface area contributed by atoms with Gasteiger partial charge in [0.2, 0.25) is 11.8 Å². The molecule has 1 aliphatic heterocycles. The number of nitrogens with one attached hydrogen (secondary N) is 1. The molecule has 3 aliphatic rings. The molecule has 2 saturated carbocycles. The maximum Gasteiger partial charge on any atom is 0.246 e. The lowest BCUT2D eigenvalue weighted by Gasteiger charge is -2.51. The van der Waals surface area contributed by atoms with Crippen molar-refractivity contribution in [3.05, 3.63) is 0 Å². The molecule has 0 bridgehead atoms. The monoisotopic (exact) mass is 292 g/mol. The lowest BCUT2D eigenvalue weighted by atomic mass is 9.77. The van der Waals surface area contributed by atoms with Crippen LogP contribution in [0.2, 0.25) is 0 Å². The van der Waals surface area contributed by atoms with Crippen molar-refractivity contribution in [2.45, 2.75) is 71.4 Å². The van der Waals surface area contributed by atoms with Crippen LogP contribution in [-0.4, -0.2) is 34.8 Å². The molecule has 1 saturated heterocycles. The molecule has 2 aliphatic carbocycles. The minimum absolute atomic E-state index is 0.0591. The number of amides is 2. The molecular weight excluding hydrogens is 264 g/mol. The minimum atomic E-state index is -0.617. The van der Waals surface area contributed by atoms with E-state index in [1.165, 1.54) is 19.3 Å². The van der Waals surface area contributed by atoms with E-state index in [9.17, 15) is 9.59 Å². The lowest BCUT2D eigenvalue weighted by Crippen LogP contribution is -2.73. The second kappa shape index (κ2) is 4.72. The molecule has 0 spiro atoms. The van der Waals surface area contributed by atoms with Crippen molar-refractivity contribution in [1.82, 2.24) is 10.2 Å². The molecule has 0 aromatic heterocycles. The molecule has 2 atom stereocenters. The van der Waals surface area contributed by atoms with Gasteiger partial charge in [0.25, 0.3) is 0 Å². The van der Waals surface area contributed by atoms with Crippen LogP contribution >= 0.6 is 0 Å². The number of hydrogen-bond acceptors (Lipinski definition) is 2. The number of hydrogen-bond donors (Lipinski definition) is 1. The Morgan fingerprint density at radius 3 is 2.24 bits per heavy atom. The second-order valence-corrected chi connectivity index (χ2v) is 8.44. The Hall–Kier alpha value is -1.06. The van der Waals surface area contributed by atoms with Gasteiger partial charge in [-0.05, 0) is 49.9 Å². The van der Waals surface area contributed by atoms with Crippen molar-refractivity contribution in [3.8, 4) is 0 Å². The Balaban J connectivity index is 1.90. The Bertz CT molecular complexity index is 460. The van der Waals surface area contributed by atoms with Gasteiger partial charge in [0.05, 0.1) is 0 Å². The molecule has 2 unspecified atom stereocenters. The third-order valence-electron chi connectivity index (χ3n) is 5.71. The normalized spacial score (nSPS) is 34.7. The van der Waals surface area contributed by atoms with Crippen molar-refractivity contribution in [2.24, 2.45) is 17.3 Å². The number of carbonyl (C=O) groups excluding carboxylic acids is 2. The van der Waals surface area contributed by atoms with Gasteiger partial charge < -0.3 is 10.2 Å². The van der Waals surface area contributed by atoms with Crippen LogP contribution < -0.4 is 5.32 Å². The smallest absolute Gasteiger partial charge is 0.246 e. The van der Waals surface area contributed by atoms with Crippen LogP contribution in [0.15, 0.2) is 0 Å². The van der Waals surface area contributed by atoms with E-state index in [1.807, 2.05) is 32.6 Å². The summed E-state index contributed by atoms with van der Waals surface area (Å²) in [5.41, 5.74) is -0.857. The van der Waals surface area contributed by atoms with Crippen molar-refractivity contribution in [2.75, 3.05) is 6.54 Å². The molecule has 1 heterocycles. The van der Waals surface area contributed by atoms with Gasteiger partial charge in [-0.25, -0.2) is 0 Å². The molecule has 0 radical (unpaired) electrons. The van der Waals surface area contributed by atoms with Crippen LogP contribution in [0.25, 0.3) is 0 Å². The van der Waals surface area contributed by atoms with Gasteiger partial charge in [-0.3, -0.25) is 9.59 Å². The molecular formula is C17H28N2O2. The molecule has 3 rings (SSSR count). The van der Waals surface area contributed by atoms with E-state index in [2.05, 4.69) is 5.32 Å². The van der Waals surface area contributed by atoms with Crippen LogP contribution in [0.5, 0.6) is 0 Å². The summed E-state index contributed by atoms with van der Waals surface area (Å²) in [5.74, 6) is 1.13. The summed E-state index contributed by atoms with van der Waals surface area (Å²) in [7, 11) is 0. The first kappa shape index (κ1) is 14.9. The first-order valence-electron chi connectivity index (χ1n) is 8.37. The molecule has 1 N–H and O–H groups in total. The third kappa shape index (κ3) is 2.36. The van der Waals surface area contributed by atoms with Crippen LogP contribution in [0.3, 0.4) is 0 Å². The van der Waals surface area contributed by atoms with E-state index < -0.39 is 11.6 Å². The minimum Gasteiger partial charge on any atom is -0.342 e. The molecule has 4 nitrogen and oxygen atoms in total. The van der Waals surface area contributed by atoms with Crippen LogP contribution in [0, 0.1) is 17.3 Å². The van der Waals surface area contributed by atoms with Gasteiger partial charge in [0.15, 0.2) is 0 Å². The molecule has 3 fully saturated rings. The van der Waals surface area contributed by atoms with Crippen molar-refractivity contribution >= 4 is 11.8 Å². The van der Waals surface area contributed by atoms with Crippen LogP contribution in [0.1, 0.15) is 59.8 Å². The average Bonchev–Trinajstić information content (AvgIpc) is 3.14. The van der Waals surface area contributed by atoms with Crippen LogP contribution in [-0.2, 0) is 9.59 Å². The summed E-state index contributed by atoms with van der Waals surface area (Å²) < 4.78 is 0. The second-order valence-electron chi connectivity index (χ2n) is 8.44. The number of rotatable bonds is 3. The van der Waals surface area contributed by atoms with E-state index in [4.69, 9.17) is 0 Å². The first-order chi connectivity index (χ1) is 9.74. The van der Waals surface area contributed by atoms with Crippen molar-refractivity contribution in [3.63, 3.8) is 0 Å². The molecule has 118 valence electrons. The van der Waals surface area contributed by atoms with E-state index in [0.717, 1.165) is 19.4 Å². The number of nitrogens with zero attached hydrogens (tertiary/aromatic N) is 1. The van der Waals surface area contributed by atoms with Gasteiger partial charge in [-0.15, -0.1) is 0 Å². The standard InChI is InChI=1S/C17H28N2O2/c1-16(2,3)13-14(20)19(10-11-6-5-7-11)17(4,12-8-9-12)15(21)18-13/h11-13H,5-10H2,1-4H3,(H,18,21). The topological polar surface area (TPSA) is 49.4 Å². The molecule has 21 heavy (non-hydrogen) atoms. The molecule has 0 aromatic carbocycles. The third-order valence-corrected chi connectivity index (χ3v) is 5.71. The zero-order chi connectivity index (χ0) is 15.4. The Kier molecular flexibility index (Phi) is 3.34. The fourth-order valence-corrected chi connectivity index (χ4v) is 3.70. The van der Waals surface area contributed by atoms with E-state index in [0.29, 0.717) is 11.8 Å². The highest BCUT2D eigenvalue weighted by atomic mass is 16.2. The Morgan fingerprint density at radius 2 is 1.81 bits per heavy atom. The highest BCUT2D eigenvalue weighted by Gasteiger charge is 2.58. The van der Waals surface area contributed by atoms with Gasteiger partial charge in [0, 0.05) is 6.54 Å². The quantitative estimate of drug-likeness (QED) is 0.868. The molecule has 2 amide bonds. The number of piperazine rings is 1. The number of carbonyl (C=O) groups is 2. The van der Waals surface area contributed by atoms with E-state index in [1.54, 1.807) is 0 Å². The average molecular weight is 292 g/mol. The summed E-state index contributed by atoms with van der Waals surface area (Å²) in [5, 5.41) is 3.03. The van der Waals surface area contributed by atoms with E-state index in [-0.39, 0.29) is 17.2 Å². The summed E-state index contributed by atoms with van der Waals surface area (Å²) in [4.78, 5) is 27.8.